The predicted octanol–water partition coefficient (Wildman–Crippen LogP) is 1.02. The van der Waals surface area contributed by atoms with Crippen molar-refractivity contribution in [2.45, 2.75) is 0 Å². The lowest BCUT2D eigenvalue weighted by atomic mass is 10.4. The molecule has 0 aliphatic rings. The van der Waals surface area contributed by atoms with Gasteiger partial charge in [-0.2, -0.15) is 0 Å². The molecule has 0 atom stereocenters. The molecule has 2 heterocycles. The minimum Gasteiger partial charge on any atom is -0.243 e. The van der Waals surface area contributed by atoms with Gasteiger partial charge in [-0.25, -0.2) is 19.9 Å². The minimum atomic E-state index is 0.784. The van der Waals surface area contributed by atoms with Crippen molar-refractivity contribution in [3.8, 4) is 0 Å². The van der Waals surface area contributed by atoms with Crippen LogP contribution in [0.15, 0.2) is 18.9 Å². The molecule has 2 aromatic heterocycles. The fourth-order valence-electron chi connectivity index (χ4n) is 0.779. The number of rotatable bonds is 0. The topological polar surface area (TPSA) is 51.6 Å². The molecule has 4 nitrogen and oxygen atoms in total. The number of hydrogen-bond donors (Lipinski definition) is 0. The van der Waals surface area contributed by atoms with Gasteiger partial charge in [-0.05, 0) is 22.6 Å². The molecular weight excluding hydrogens is 255 g/mol. The predicted molar refractivity (Wildman–Crippen MR) is 47.8 cm³/mol. The number of aromatic nitrogens is 4. The standard InChI is InChI=1S/C6H3IN4/c7-6-5-4(9-3-11-6)1-8-2-10-5/h1-3H. The lowest BCUT2D eigenvalue weighted by Crippen LogP contribution is -1.90. The molecule has 0 unspecified atom stereocenters. The Bertz CT molecular complexity index is 384. The summed E-state index contributed by atoms with van der Waals surface area (Å²) in [6.45, 7) is 0. The monoisotopic (exact) mass is 258 g/mol. The molecule has 54 valence electrons. The van der Waals surface area contributed by atoms with Gasteiger partial charge in [0, 0.05) is 0 Å². The van der Waals surface area contributed by atoms with Gasteiger partial charge in [0.15, 0.2) is 0 Å². The van der Waals surface area contributed by atoms with Gasteiger partial charge in [-0.15, -0.1) is 0 Å². The zero-order valence-corrected chi connectivity index (χ0v) is 7.56. The van der Waals surface area contributed by atoms with E-state index in [9.17, 15) is 0 Å². The molecule has 0 fully saturated rings. The maximum absolute atomic E-state index is 4.04. The van der Waals surface area contributed by atoms with Crippen LogP contribution >= 0.6 is 22.6 Å². The fourth-order valence-corrected chi connectivity index (χ4v) is 1.32. The Labute approximate surface area is 76.3 Å². The molecule has 0 saturated carbocycles. The van der Waals surface area contributed by atoms with Gasteiger partial charge in [0.2, 0.25) is 0 Å². The number of nitrogens with zero attached hydrogens (tertiary/aromatic N) is 4. The second-order valence-electron chi connectivity index (χ2n) is 1.92. The van der Waals surface area contributed by atoms with Crippen LogP contribution in [0, 0.1) is 3.70 Å². The van der Waals surface area contributed by atoms with E-state index < -0.39 is 0 Å². The Balaban J connectivity index is 2.91. The second-order valence-corrected chi connectivity index (χ2v) is 2.94. The molecule has 2 aromatic rings. The van der Waals surface area contributed by atoms with Gasteiger partial charge in [-0.3, -0.25) is 0 Å². The van der Waals surface area contributed by atoms with Crippen LogP contribution in [-0.2, 0) is 0 Å². The lowest BCUT2D eigenvalue weighted by molar-refractivity contribution is 1.12. The molecule has 0 N–H and O–H groups in total. The normalized spacial score (nSPS) is 10.3. The zero-order chi connectivity index (χ0) is 7.68. The molecular formula is C6H3IN4. The van der Waals surface area contributed by atoms with Gasteiger partial charge in [0.1, 0.15) is 27.4 Å². The Morgan fingerprint density at radius 3 is 2.82 bits per heavy atom. The molecule has 0 aromatic carbocycles. The van der Waals surface area contributed by atoms with Crippen LogP contribution in [0.1, 0.15) is 0 Å². The molecule has 0 saturated heterocycles. The van der Waals surface area contributed by atoms with E-state index in [-0.39, 0.29) is 0 Å². The van der Waals surface area contributed by atoms with Crippen LogP contribution < -0.4 is 0 Å². The molecule has 0 aliphatic carbocycles. The Morgan fingerprint density at radius 2 is 2.00 bits per heavy atom. The van der Waals surface area contributed by atoms with Crippen molar-refractivity contribution in [1.82, 2.24) is 19.9 Å². The van der Waals surface area contributed by atoms with Crippen molar-refractivity contribution >= 4 is 33.6 Å². The Morgan fingerprint density at radius 1 is 1.09 bits per heavy atom. The molecule has 5 heteroatoms. The maximum atomic E-state index is 4.04. The van der Waals surface area contributed by atoms with Crippen molar-refractivity contribution in [3.63, 3.8) is 0 Å². The Kier molecular flexibility index (Phi) is 1.65. The van der Waals surface area contributed by atoms with Gasteiger partial charge in [0.25, 0.3) is 0 Å². The van der Waals surface area contributed by atoms with Gasteiger partial charge < -0.3 is 0 Å². The average Bonchev–Trinajstić information content (AvgIpc) is 2.06. The second kappa shape index (κ2) is 2.65. The van der Waals surface area contributed by atoms with Crippen molar-refractivity contribution in [1.29, 1.82) is 0 Å². The summed E-state index contributed by atoms with van der Waals surface area (Å²) in [6.07, 6.45) is 4.67. The average molecular weight is 258 g/mol. The highest BCUT2D eigenvalue weighted by molar-refractivity contribution is 14.1. The molecule has 11 heavy (non-hydrogen) atoms. The molecule has 0 radical (unpaired) electrons. The summed E-state index contributed by atoms with van der Waals surface area (Å²) in [5.74, 6) is 0. The van der Waals surface area contributed by atoms with Crippen LogP contribution in [-0.4, -0.2) is 19.9 Å². The third-order valence-corrected chi connectivity index (χ3v) is 2.05. The first-order chi connectivity index (χ1) is 5.38. The summed E-state index contributed by atoms with van der Waals surface area (Å²) >= 11 is 2.12. The summed E-state index contributed by atoms with van der Waals surface area (Å²) in [7, 11) is 0. The number of fused-ring (bicyclic) bond motifs is 1. The van der Waals surface area contributed by atoms with E-state index in [0.29, 0.717) is 0 Å². The van der Waals surface area contributed by atoms with E-state index in [1.807, 2.05) is 0 Å². The van der Waals surface area contributed by atoms with E-state index >= 15 is 0 Å². The van der Waals surface area contributed by atoms with Crippen molar-refractivity contribution in [3.05, 3.63) is 22.6 Å². The highest BCUT2D eigenvalue weighted by Crippen LogP contribution is 2.10. The van der Waals surface area contributed by atoms with Gasteiger partial charge in [-0.1, -0.05) is 0 Å². The molecule has 0 aliphatic heterocycles. The van der Waals surface area contributed by atoms with E-state index in [0.717, 1.165) is 14.7 Å². The summed E-state index contributed by atoms with van der Waals surface area (Å²) in [6, 6.07) is 0. The number of halogens is 1. The van der Waals surface area contributed by atoms with E-state index in [4.69, 9.17) is 0 Å². The molecule has 0 amide bonds. The molecule has 0 spiro atoms. The smallest absolute Gasteiger partial charge is 0.131 e. The van der Waals surface area contributed by atoms with Crippen LogP contribution in [0.3, 0.4) is 0 Å². The summed E-state index contributed by atoms with van der Waals surface area (Å²) in [5, 5.41) is 0. The van der Waals surface area contributed by atoms with Crippen LogP contribution in [0.2, 0.25) is 0 Å². The SMILES string of the molecule is Ic1ncnc2cncnc12. The van der Waals surface area contributed by atoms with Crippen molar-refractivity contribution in [2.24, 2.45) is 0 Å². The third kappa shape index (κ3) is 1.15. The van der Waals surface area contributed by atoms with Crippen LogP contribution in [0.5, 0.6) is 0 Å². The van der Waals surface area contributed by atoms with Gasteiger partial charge in [0.05, 0.1) is 6.20 Å². The zero-order valence-electron chi connectivity index (χ0n) is 5.40. The molecule has 2 rings (SSSR count). The first kappa shape index (κ1) is 6.84. The Hall–Kier alpha value is -0.850. The summed E-state index contributed by atoms with van der Waals surface area (Å²) < 4.78 is 0.856. The largest absolute Gasteiger partial charge is 0.243 e. The van der Waals surface area contributed by atoms with E-state index in [1.54, 1.807) is 6.20 Å². The summed E-state index contributed by atoms with van der Waals surface area (Å²) in [5.41, 5.74) is 1.59. The van der Waals surface area contributed by atoms with Crippen molar-refractivity contribution < 1.29 is 0 Å². The minimum absolute atomic E-state index is 0.784. The maximum Gasteiger partial charge on any atom is 0.131 e. The van der Waals surface area contributed by atoms with Gasteiger partial charge >= 0.3 is 0 Å². The first-order valence-electron chi connectivity index (χ1n) is 2.94. The quantitative estimate of drug-likeness (QED) is 0.523. The summed E-state index contributed by atoms with van der Waals surface area (Å²) in [4.78, 5) is 15.9. The fraction of sp³-hybridized carbons (Fsp3) is 0. The highest BCUT2D eigenvalue weighted by atomic mass is 127. The molecule has 0 bridgehead atoms. The first-order valence-corrected chi connectivity index (χ1v) is 4.02. The van der Waals surface area contributed by atoms with E-state index in [1.165, 1.54) is 12.7 Å². The van der Waals surface area contributed by atoms with Crippen LogP contribution in [0.4, 0.5) is 0 Å². The third-order valence-electron chi connectivity index (χ3n) is 1.26. The number of hydrogen-bond acceptors (Lipinski definition) is 4. The highest BCUT2D eigenvalue weighted by Gasteiger charge is 1.98. The van der Waals surface area contributed by atoms with E-state index in [2.05, 4.69) is 42.5 Å². The lowest BCUT2D eigenvalue weighted by Gasteiger charge is -1.93. The van der Waals surface area contributed by atoms with Crippen LogP contribution in [0.25, 0.3) is 11.0 Å². The van der Waals surface area contributed by atoms with Crippen molar-refractivity contribution in [2.75, 3.05) is 0 Å².